The Kier molecular flexibility index (Phi) is 2.88. The minimum absolute atomic E-state index is 0.922. The first-order chi connectivity index (χ1) is 7.34. The first kappa shape index (κ1) is 9.59. The predicted molar refractivity (Wildman–Crippen MR) is 62.1 cm³/mol. The molecule has 0 unspecified atom stereocenters. The van der Waals surface area contributed by atoms with E-state index < -0.39 is 0 Å². The van der Waals surface area contributed by atoms with Crippen LogP contribution in [0.25, 0.3) is 12.2 Å². The molecule has 2 rings (SSSR count). The van der Waals surface area contributed by atoms with Gasteiger partial charge in [-0.2, -0.15) is 0 Å². The molecule has 0 atom stereocenters. The van der Waals surface area contributed by atoms with E-state index >= 15 is 0 Å². The first-order valence-electron chi connectivity index (χ1n) is 4.85. The molecule has 1 aromatic carbocycles. The van der Waals surface area contributed by atoms with Gasteiger partial charge in [-0.1, -0.05) is 35.9 Å². The SMILES string of the molecule is Cc1ccc(/C=C/c2ccncn2)cc1. The van der Waals surface area contributed by atoms with Crippen molar-refractivity contribution in [2.24, 2.45) is 0 Å². The number of hydrogen-bond acceptors (Lipinski definition) is 2. The van der Waals surface area contributed by atoms with E-state index in [9.17, 15) is 0 Å². The van der Waals surface area contributed by atoms with Crippen LogP contribution in [0.1, 0.15) is 16.8 Å². The Hall–Kier alpha value is -1.96. The van der Waals surface area contributed by atoms with Crippen molar-refractivity contribution >= 4 is 12.2 Å². The van der Waals surface area contributed by atoms with Crippen LogP contribution in [0.4, 0.5) is 0 Å². The molecular weight excluding hydrogens is 184 g/mol. The predicted octanol–water partition coefficient (Wildman–Crippen LogP) is 2.96. The van der Waals surface area contributed by atoms with E-state index in [-0.39, 0.29) is 0 Å². The summed E-state index contributed by atoms with van der Waals surface area (Å²) in [6.07, 6.45) is 7.31. The van der Waals surface area contributed by atoms with Crippen LogP contribution in [0.3, 0.4) is 0 Å². The van der Waals surface area contributed by atoms with E-state index in [2.05, 4.69) is 41.2 Å². The van der Waals surface area contributed by atoms with Gasteiger partial charge in [-0.05, 0) is 24.6 Å². The van der Waals surface area contributed by atoms with Crippen LogP contribution >= 0.6 is 0 Å². The molecule has 1 heterocycles. The number of benzene rings is 1. The number of nitrogens with zero attached hydrogens (tertiary/aromatic N) is 2. The summed E-state index contributed by atoms with van der Waals surface area (Å²) < 4.78 is 0. The average molecular weight is 196 g/mol. The maximum Gasteiger partial charge on any atom is 0.115 e. The molecule has 15 heavy (non-hydrogen) atoms. The van der Waals surface area contributed by atoms with Gasteiger partial charge in [0.15, 0.2) is 0 Å². The lowest BCUT2D eigenvalue weighted by atomic mass is 10.1. The Morgan fingerprint density at radius 3 is 2.47 bits per heavy atom. The molecule has 0 radical (unpaired) electrons. The normalized spacial score (nSPS) is 10.7. The molecule has 0 aliphatic carbocycles. The molecule has 0 aliphatic heterocycles. The summed E-state index contributed by atoms with van der Waals surface area (Å²) in [6, 6.07) is 10.3. The van der Waals surface area contributed by atoms with Gasteiger partial charge >= 0.3 is 0 Å². The van der Waals surface area contributed by atoms with Gasteiger partial charge in [0.1, 0.15) is 6.33 Å². The molecule has 0 fully saturated rings. The Labute approximate surface area is 89.3 Å². The van der Waals surface area contributed by atoms with Crippen molar-refractivity contribution in [1.82, 2.24) is 9.97 Å². The largest absolute Gasteiger partial charge is 0.245 e. The van der Waals surface area contributed by atoms with Crippen molar-refractivity contribution < 1.29 is 0 Å². The monoisotopic (exact) mass is 196 g/mol. The highest BCUT2D eigenvalue weighted by molar-refractivity contribution is 5.67. The molecule has 0 aliphatic rings. The van der Waals surface area contributed by atoms with E-state index in [1.54, 1.807) is 12.5 Å². The Bertz CT molecular complexity index is 444. The summed E-state index contributed by atoms with van der Waals surface area (Å²) in [5.74, 6) is 0. The van der Waals surface area contributed by atoms with Crippen molar-refractivity contribution in [3.05, 3.63) is 59.7 Å². The van der Waals surface area contributed by atoms with E-state index in [1.807, 2.05) is 18.2 Å². The van der Waals surface area contributed by atoms with Gasteiger partial charge in [0, 0.05) is 6.20 Å². The molecule has 2 heteroatoms. The lowest BCUT2D eigenvalue weighted by Crippen LogP contribution is -1.80. The molecule has 0 saturated heterocycles. The van der Waals surface area contributed by atoms with Gasteiger partial charge in [0.05, 0.1) is 5.69 Å². The number of hydrogen-bond donors (Lipinski definition) is 0. The van der Waals surface area contributed by atoms with Gasteiger partial charge in [-0.3, -0.25) is 0 Å². The second-order valence-corrected chi connectivity index (χ2v) is 3.38. The molecule has 0 amide bonds. The Balaban J connectivity index is 2.15. The third-order valence-electron chi connectivity index (χ3n) is 2.13. The summed E-state index contributed by atoms with van der Waals surface area (Å²) in [7, 11) is 0. The number of aryl methyl sites for hydroxylation is 1. The third-order valence-corrected chi connectivity index (χ3v) is 2.13. The number of aromatic nitrogens is 2. The van der Waals surface area contributed by atoms with E-state index in [0.29, 0.717) is 0 Å². The summed E-state index contributed by atoms with van der Waals surface area (Å²) in [5, 5.41) is 0. The summed E-state index contributed by atoms with van der Waals surface area (Å²) in [4.78, 5) is 7.98. The van der Waals surface area contributed by atoms with E-state index in [1.165, 1.54) is 11.1 Å². The standard InChI is InChI=1S/C13H12N2/c1-11-2-4-12(5-3-11)6-7-13-8-9-14-10-15-13/h2-10H,1H3/b7-6+. The molecule has 0 bridgehead atoms. The van der Waals surface area contributed by atoms with Gasteiger partial charge in [-0.15, -0.1) is 0 Å². The number of rotatable bonds is 2. The maximum atomic E-state index is 4.11. The highest BCUT2D eigenvalue weighted by Gasteiger charge is 1.88. The Morgan fingerprint density at radius 1 is 1.00 bits per heavy atom. The van der Waals surface area contributed by atoms with Crippen molar-refractivity contribution in [2.75, 3.05) is 0 Å². The van der Waals surface area contributed by atoms with E-state index in [4.69, 9.17) is 0 Å². The van der Waals surface area contributed by atoms with Crippen LogP contribution in [-0.2, 0) is 0 Å². The van der Waals surface area contributed by atoms with Gasteiger partial charge in [0.2, 0.25) is 0 Å². The van der Waals surface area contributed by atoms with Crippen LogP contribution in [0, 0.1) is 6.92 Å². The fourth-order valence-electron chi connectivity index (χ4n) is 1.26. The third kappa shape index (κ3) is 2.74. The molecule has 0 saturated carbocycles. The van der Waals surface area contributed by atoms with Gasteiger partial charge in [-0.25, -0.2) is 9.97 Å². The van der Waals surface area contributed by atoms with Crippen LogP contribution < -0.4 is 0 Å². The molecule has 0 N–H and O–H groups in total. The fourth-order valence-corrected chi connectivity index (χ4v) is 1.26. The highest BCUT2D eigenvalue weighted by Crippen LogP contribution is 2.07. The van der Waals surface area contributed by atoms with Crippen LogP contribution in [0.15, 0.2) is 42.9 Å². The topological polar surface area (TPSA) is 25.8 Å². The Morgan fingerprint density at radius 2 is 1.80 bits per heavy atom. The molecular formula is C13H12N2. The summed E-state index contributed by atoms with van der Waals surface area (Å²) in [5.41, 5.74) is 3.37. The van der Waals surface area contributed by atoms with Crippen LogP contribution in [0.2, 0.25) is 0 Å². The first-order valence-corrected chi connectivity index (χ1v) is 4.85. The lowest BCUT2D eigenvalue weighted by Gasteiger charge is -1.94. The molecule has 1 aromatic heterocycles. The molecule has 2 nitrogen and oxygen atoms in total. The van der Waals surface area contributed by atoms with Crippen molar-refractivity contribution in [1.29, 1.82) is 0 Å². The van der Waals surface area contributed by atoms with Crippen LogP contribution in [0.5, 0.6) is 0 Å². The van der Waals surface area contributed by atoms with Crippen molar-refractivity contribution in [3.63, 3.8) is 0 Å². The molecule has 0 spiro atoms. The fraction of sp³-hybridized carbons (Fsp3) is 0.0769. The van der Waals surface area contributed by atoms with Crippen LogP contribution in [-0.4, -0.2) is 9.97 Å². The zero-order valence-corrected chi connectivity index (χ0v) is 8.59. The van der Waals surface area contributed by atoms with Crippen molar-refractivity contribution in [3.8, 4) is 0 Å². The maximum absolute atomic E-state index is 4.11. The lowest BCUT2D eigenvalue weighted by molar-refractivity contribution is 1.15. The minimum atomic E-state index is 0.922. The van der Waals surface area contributed by atoms with Crippen molar-refractivity contribution in [2.45, 2.75) is 6.92 Å². The quantitative estimate of drug-likeness (QED) is 0.738. The average Bonchev–Trinajstić information content (AvgIpc) is 2.30. The van der Waals surface area contributed by atoms with Gasteiger partial charge in [0.25, 0.3) is 0 Å². The minimum Gasteiger partial charge on any atom is -0.245 e. The second-order valence-electron chi connectivity index (χ2n) is 3.38. The summed E-state index contributed by atoms with van der Waals surface area (Å²) >= 11 is 0. The second kappa shape index (κ2) is 4.51. The summed E-state index contributed by atoms with van der Waals surface area (Å²) in [6.45, 7) is 2.08. The molecule has 2 aromatic rings. The smallest absolute Gasteiger partial charge is 0.115 e. The van der Waals surface area contributed by atoms with E-state index in [0.717, 1.165) is 5.69 Å². The van der Waals surface area contributed by atoms with Gasteiger partial charge < -0.3 is 0 Å². The molecule has 74 valence electrons. The zero-order chi connectivity index (χ0) is 10.5. The highest BCUT2D eigenvalue weighted by atomic mass is 14.8. The zero-order valence-electron chi connectivity index (χ0n) is 8.59.